The largest absolute Gasteiger partial charge is 0.496 e. The number of ether oxygens (including phenoxy) is 2. The van der Waals surface area contributed by atoms with Crippen LogP contribution in [0.25, 0.3) is 0 Å². The van der Waals surface area contributed by atoms with Crippen LogP contribution in [0.4, 0.5) is 0 Å². The Morgan fingerprint density at radius 3 is 2.57 bits per heavy atom. The van der Waals surface area contributed by atoms with Gasteiger partial charge in [-0.25, -0.2) is 0 Å². The van der Waals surface area contributed by atoms with Gasteiger partial charge in [-0.3, -0.25) is 9.79 Å². The van der Waals surface area contributed by atoms with Gasteiger partial charge in [0.05, 0.1) is 20.6 Å². The number of benzene rings is 1. The average molecular weight is 293 g/mol. The van der Waals surface area contributed by atoms with E-state index in [1.807, 2.05) is 24.3 Å². The number of nitrogens with zero attached hydrogens (tertiary/aromatic N) is 1. The lowest BCUT2D eigenvalue weighted by Gasteiger charge is -2.12. The summed E-state index contributed by atoms with van der Waals surface area (Å²) in [4.78, 5) is 15.1. The van der Waals surface area contributed by atoms with Crippen molar-refractivity contribution in [3.63, 3.8) is 0 Å². The van der Waals surface area contributed by atoms with Crippen molar-refractivity contribution in [3.8, 4) is 5.75 Å². The van der Waals surface area contributed by atoms with Gasteiger partial charge in [-0.1, -0.05) is 18.2 Å². The van der Waals surface area contributed by atoms with Crippen molar-refractivity contribution in [3.05, 3.63) is 29.8 Å². The molecule has 0 saturated carbocycles. The van der Waals surface area contributed by atoms with Crippen molar-refractivity contribution in [2.24, 2.45) is 4.99 Å². The van der Waals surface area contributed by atoms with Crippen molar-refractivity contribution >= 4 is 11.9 Å². The maximum atomic E-state index is 11.0. The Morgan fingerprint density at radius 2 is 1.90 bits per heavy atom. The second kappa shape index (κ2) is 9.63. The highest BCUT2D eigenvalue weighted by molar-refractivity contribution is 5.80. The van der Waals surface area contributed by atoms with Crippen LogP contribution in [0.5, 0.6) is 5.75 Å². The molecule has 116 valence electrons. The minimum atomic E-state index is -0.244. The fraction of sp³-hybridized carbons (Fsp3) is 0.467. The molecule has 0 aliphatic carbocycles. The highest BCUT2D eigenvalue weighted by Crippen LogP contribution is 2.17. The second-order valence-corrected chi connectivity index (χ2v) is 4.31. The number of hydrogen-bond donors (Lipinski definition) is 2. The van der Waals surface area contributed by atoms with Gasteiger partial charge in [0.1, 0.15) is 5.75 Å². The molecule has 0 fully saturated rings. The van der Waals surface area contributed by atoms with E-state index in [-0.39, 0.29) is 5.97 Å². The molecule has 0 aliphatic heterocycles. The molecule has 0 unspecified atom stereocenters. The molecular formula is C15H23N3O3. The molecule has 1 aromatic carbocycles. The van der Waals surface area contributed by atoms with Gasteiger partial charge in [0, 0.05) is 20.1 Å². The summed E-state index contributed by atoms with van der Waals surface area (Å²) in [5.74, 6) is 1.30. The van der Waals surface area contributed by atoms with Crippen LogP contribution in [-0.2, 0) is 16.0 Å². The molecule has 0 atom stereocenters. The summed E-state index contributed by atoms with van der Waals surface area (Å²) in [5.41, 5.74) is 1.14. The lowest BCUT2D eigenvalue weighted by molar-refractivity contribution is -0.140. The van der Waals surface area contributed by atoms with E-state index in [9.17, 15) is 4.79 Å². The molecule has 6 nitrogen and oxygen atoms in total. The van der Waals surface area contributed by atoms with Gasteiger partial charge in [0.2, 0.25) is 0 Å². The predicted molar refractivity (Wildman–Crippen MR) is 82.7 cm³/mol. The minimum Gasteiger partial charge on any atom is -0.496 e. The zero-order valence-corrected chi connectivity index (χ0v) is 12.8. The molecule has 0 bridgehead atoms. The average Bonchev–Trinajstić information content (AvgIpc) is 2.53. The van der Waals surface area contributed by atoms with Gasteiger partial charge in [-0.2, -0.15) is 0 Å². The maximum absolute atomic E-state index is 11.0. The molecule has 0 spiro atoms. The first-order valence-electron chi connectivity index (χ1n) is 6.84. The third-order valence-corrected chi connectivity index (χ3v) is 2.95. The van der Waals surface area contributed by atoms with Crippen LogP contribution in [0.15, 0.2) is 29.3 Å². The minimum absolute atomic E-state index is 0.244. The van der Waals surface area contributed by atoms with E-state index >= 15 is 0 Å². The van der Waals surface area contributed by atoms with Crippen molar-refractivity contribution in [2.75, 3.05) is 34.4 Å². The molecule has 0 aromatic heterocycles. The van der Waals surface area contributed by atoms with Crippen LogP contribution in [-0.4, -0.2) is 46.3 Å². The predicted octanol–water partition coefficient (Wildman–Crippen LogP) is 0.966. The first-order chi connectivity index (χ1) is 10.2. The summed E-state index contributed by atoms with van der Waals surface area (Å²) in [6.07, 6.45) is 1.13. The van der Waals surface area contributed by atoms with Crippen LogP contribution in [0, 0.1) is 0 Å². The fourth-order valence-electron chi connectivity index (χ4n) is 1.83. The second-order valence-electron chi connectivity index (χ2n) is 4.31. The summed E-state index contributed by atoms with van der Waals surface area (Å²) in [6.45, 7) is 1.21. The monoisotopic (exact) mass is 293 g/mol. The Balaban J connectivity index is 2.34. The molecule has 0 radical (unpaired) electrons. The molecule has 0 heterocycles. The first-order valence-corrected chi connectivity index (χ1v) is 6.84. The van der Waals surface area contributed by atoms with Crippen molar-refractivity contribution in [1.82, 2.24) is 10.6 Å². The summed E-state index contributed by atoms with van der Waals surface area (Å²) < 4.78 is 9.88. The smallest absolute Gasteiger partial charge is 0.307 e. The van der Waals surface area contributed by atoms with Gasteiger partial charge in [-0.15, -0.1) is 0 Å². The molecule has 21 heavy (non-hydrogen) atoms. The number of carbonyl (C=O) groups excluding carboxylic acids is 1. The summed E-state index contributed by atoms with van der Waals surface area (Å²) >= 11 is 0. The van der Waals surface area contributed by atoms with Crippen molar-refractivity contribution in [2.45, 2.75) is 12.8 Å². The normalized spacial score (nSPS) is 10.9. The van der Waals surface area contributed by atoms with E-state index < -0.39 is 0 Å². The molecule has 1 rings (SSSR count). The summed E-state index contributed by atoms with van der Waals surface area (Å²) in [6, 6.07) is 7.91. The van der Waals surface area contributed by atoms with Gasteiger partial charge in [0.25, 0.3) is 0 Å². The van der Waals surface area contributed by atoms with Gasteiger partial charge in [0.15, 0.2) is 5.96 Å². The summed E-state index contributed by atoms with van der Waals surface area (Å²) in [5, 5.41) is 6.25. The third-order valence-electron chi connectivity index (χ3n) is 2.95. The Bertz CT molecular complexity index is 475. The molecule has 0 amide bonds. The van der Waals surface area contributed by atoms with E-state index in [0.717, 1.165) is 24.3 Å². The number of para-hydroxylation sites is 1. The highest BCUT2D eigenvalue weighted by Gasteiger charge is 2.04. The number of esters is 1. The number of methoxy groups -OCH3 is 2. The van der Waals surface area contributed by atoms with Crippen LogP contribution >= 0.6 is 0 Å². The Labute approximate surface area is 125 Å². The SMILES string of the molecule is CN=C(NCCC(=O)OC)NCCc1ccccc1OC. The Kier molecular flexibility index (Phi) is 7.71. The van der Waals surface area contributed by atoms with E-state index in [0.29, 0.717) is 18.9 Å². The lowest BCUT2D eigenvalue weighted by Crippen LogP contribution is -2.39. The fourth-order valence-corrected chi connectivity index (χ4v) is 1.83. The first kappa shape index (κ1) is 16.8. The summed E-state index contributed by atoms with van der Waals surface area (Å²) in [7, 11) is 4.73. The lowest BCUT2D eigenvalue weighted by atomic mass is 10.1. The zero-order chi connectivity index (χ0) is 15.5. The maximum Gasteiger partial charge on any atom is 0.307 e. The van der Waals surface area contributed by atoms with E-state index in [1.165, 1.54) is 7.11 Å². The third kappa shape index (κ3) is 6.16. The number of aliphatic imine (C=N–C) groups is 1. The standard InChI is InChI=1S/C15H23N3O3/c1-16-15(18-11-9-14(19)21-3)17-10-8-12-6-4-5-7-13(12)20-2/h4-7H,8-11H2,1-3H3,(H2,16,17,18). The van der Waals surface area contributed by atoms with Gasteiger partial charge in [-0.05, 0) is 18.1 Å². The van der Waals surface area contributed by atoms with Crippen LogP contribution < -0.4 is 15.4 Å². The molecule has 0 saturated heterocycles. The van der Waals surface area contributed by atoms with Crippen LogP contribution in [0.1, 0.15) is 12.0 Å². The molecular weight excluding hydrogens is 270 g/mol. The van der Waals surface area contributed by atoms with E-state index in [4.69, 9.17) is 4.74 Å². The number of hydrogen-bond acceptors (Lipinski definition) is 4. The molecule has 2 N–H and O–H groups in total. The molecule has 0 aliphatic rings. The topological polar surface area (TPSA) is 72.0 Å². The quantitative estimate of drug-likeness (QED) is 0.445. The number of rotatable bonds is 7. The highest BCUT2D eigenvalue weighted by atomic mass is 16.5. The number of nitrogens with one attached hydrogen (secondary N) is 2. The number of carbonyl (C=O) groups is 1. The van der Waals surface area contributed by atoms with Crippen LogP contribution in [0.3, 0.4) is 0 Å². The Morgan fingerprint density at radius 1 is 1.19 bits per heavy atom. The van der Waals surface area contributed by atoms with Crippen LogP contribution in [0.2, 0.25) is 0 Å². The molecule has 1 aromatic rings. The Hall–Kier alpha value is -2.24. The van der Waals surface area contributed by atoms with E-state index in [2.05, 4.69) is 20.4 Å². The molecule has 6 heteroatoms. The van der Waals surface area contributed by atoms with Gasteiger partial charge < -0.3 is 20.1 Å². The van der Waals surface area contributed by atoms with Crippen molar-refractivity contribution < 1.29 is 14.3 Å². The van der Waals surface area contributed by atoms with Gasteiger partial charge >= 0.3 is 5.97 Å². The van der Waals surface area contributed by atoms with Crippen molar-refractivity contribution in [1.29, 1.82) is 0 Å². The van der Waals surface area contributed by atoms with E-state index in [1.54, 1.807) is 14.2 Å². The number of guanidine groups is 1. The zero-order valence-electron chi connectivity index (χ0n) is 12.8.